The zero-order valence-electron chi connectivity index (χ0n) is 25.4. The minimum atomic E-state index is -4.14. The number of nitrogens with one attached hydrogen (secondary N) is 1. The Labute approximate surface area is 255 Å². The molecular weight excluding hydrogens is 558 g/mol. The van der Waals surface area contributed by atoms with Gasteiger partial charge < -0.3 is 10.2 Å². The van der Waals surface area contributed by atoms with Crippen LogP contribution in [0.3, 0.4) is 0 Å². The molecule has 0 bridgehead atoms. The maximum atomic E-state index is 14.4. The first-order valence-corrected chi connectivity index (χ1v) is 15.7. The molecule has 0 aliphatic heterocycles. The molecule has 224 valence electrons. The summed E-state index contributed by atoms with van der Waals surface area (Å²) >= 11 is 0. The van der Waals surface area contributed by atoms with Crippen LogP contribution in [-0.2, 0) is 32.6 Å². The highest BCUT2D eigenvalue weighted by Gasteiger charge is 2.34. The van der Waals surface area contributed by atoms with Crippen molar-refractivity contribution >= 4 is 27.5 Å². The van der Waals surface area contributed by atoms with E-state index >= 15 is 0 Å². The topological polar surface area (TPSA) is 86.8 Å². The molecule has 1 unspecified atom stereocenters. The van der Waals surface area contributed by atoms with Gasteiger partial charge in [0.2, 0.25) is 11.8 Å². The van der Waals surface area contributed by atoms with Crippen molar-refractivity contribution in [2.24, 2.45) is 0 Å². The van der Waals surface area contributed by atoms with E-state index in [1.807, 2.05) is 94.4 Å². The largest absolute Gasteiger partial charge is 0.357 e. The molecule has 4 aromatic rings. The second kappa shape index (κ2) is 13.7. The number of carbonyl (C=O) groups is 2. The fourth-order valence-electron chi connectivity index (χ4n) is 5.16. The molecule has 43 heavy (non-hydrogen) atoms. The van der Waals surface area contributed by atoms with Crippen molar-refractivity contribution in [2.75, 3.05) is 17.9 Å². The van der Waals surface area contributed by atoms with Gasteiger partial charge in [-0.1, -0.05) is 95.6 Å². The van der Waals surface area contributed by atoms with Gasteiger partial charge in [-0.15, -0.1) is 0 Å². The second-order valence-electron chi connectivity index (χ2n) is 10.9. The number of rotatable bonds is 11. The van der Waals surface area contributed by atoms with Crippen molar-refractivity contribution in [1.29, 1.82) is 0 Å². The van der Waals surface area contributed by atoms with E-state index in [9.17, 15) is 18.0 Å². The number of carbonyl (C=O) groups excluding carboxylic acids is 2. The maximum absolute atomic E-state index is 14.4. The van der Waals surface area contributed by atoms with Gasteiger partial charge in [0, 0.05) is 20.0 Å². The Morgan fingerprint density at radius 3 is 2.00 bits per heavy atom. The van der Waals surface area contributed by atoms with E-state index in [0.29, 0.717) is 5.69 Å². The maximum Gasteiger partial charge on any atom is 0.264 e. The molecule has 4 aromatic carbocycles. The first-order valence-electron chi connectivity index (χ1n) is 14.3. The SMILES string of the molecule is CNC(=O)C(Cc1ccccc1)N(Cc1cccc(C)c1)C(=O)CN(c1ccc(C)cc1C)S(=O)(=O)c1ccc(C)cc1. The summed E-state index contributed by atoms with van der Waals surface area (Å²) in [6.45, 7) is 7.27. The average Bonchev–Trinajstić information content (AvgIpc) is 2.98. The predicted octanol–water partition coefficient (Wildman–Crippen LogP) is 5.50. The Hall–Kier alpha value is -4.43. The van der Waals surface area contributed by atoms with Crippen molar-refractivity contribution in [3.8, 4) is 0 Å². The Bertz CT molecular complexity index is 1690. The average molecular weight is 598 g/mol. The minimum absolute atomic E-state index is 0.0863. The molecule has 2 amide bonds. The highest BCUT2D eigenvalue weighted by atomic mass is 32.2. The number of anilines is 1. The highest BCUT2D eigenvalue weighted by molar-refractivity contribution is 7.92. The van der Waals surface area contributed by atoms with Gasteiger partial charge in [-0.05, 0) is 62.6 Å². The van der Waals surface area contributed by atoms with Gasteiger partial charge in [-0.2, -0.15) is 0 Å². The predicted molar refractivity (Wildman–Crippen MR) is 171 cm³/mol. The summed E-state index contributed by atoms with van der Waals surface area (Å²) in [6, 6.07) is 28.4. The molecule has 0 radical (unpaired) electrons. The summed E-state index contributed by atoms with van der Waals surface area (Å²) in [4.78, 5) is 29.4. The minimum Gasteiger partial charge on any atom is -0.357 e. The van der Waals surface area contributed by atoms with Gasteiger partial charge in [0.1, 0.15) is 12.6 Å². The Balaban J connectivity index is 1.81. The molecule has 7 nitrogen and oxygen atoms in total. The van der Waals surface area contributed by atoms with Gasteiger partial charge in [-0.25, -0.2) is 8.42 Å². The van der Waals surface area contributed by atoms with Crippen LogP contribution in [0, 0.1) is 27.7 Å². The van der Waals surface area contributed by atoms with Crippen molar-refractivity contribution < 1.29 is 18.0 Å². The van der Waals surface area contributed by atoms with Crippen molar-refractivity contribution in [3.05, 3.63) is 130 Å². The molecule has 0 aliphatic rings. The molecule has 1 atom stereocenters. The third-order valence-corrected chi connectivity index (χ3v) is 9.24. The molecule has 0 aromatic heterocycles. The molecule has 1 N–H and O–H groups in total. The number of sulfonamides is 1. The van der Waals surface area contributed by atoms with Gasteiger partial charge in [-0.3, -0.25) is 13.9 Å². The molecule has 0 heterocycles. The second-order valence-corrected chi connectivity index (χ2v) is 12.8. The van der Waals surface area contributed by atoms with Crippen LogP contribution in [0.5, 0.6) is 0 Å². The first kappa shape index (κ1) is 31.5. The fourth-order valence-corrected chi connectivity index (χ4v) is 6.64. The van der Waals surface area contributed by atoms with Crippen LogP contribution in [-0.4, -0.2) is 44.8 Å². The van der Waals surface area contributed by atoms with Crippen LogP contribution in [0.25, 0.3) is 0 Å². The fraction of sp³-hybridized carbons (Fsp3) is 0.257. The molecule has 8 heteroatoms. The third kappa shape index (κ3) is 7.70. The van der Waals surface area contributed by atoms with Crippen LogP contribution in [0.1, 0.15) is 33.4 Å². The summed E-state index contributed by atoms with van der Waals surface area (Å²) < 4.78 is 29.5. The Morgan fingerprint density at radius 1 is 0.744 bits per heavy atom. The summed E-state index contributed by atoms with van der Waals surface area (Å²) in [5.74, 6) is -0.814. The van der Waals surface area contributed by atoms with Gasteiger partial charge >= 0.3 is 0 Å². The lowest BCUT2D eigenvalue weighted by molar-refractivity contribution is -0.139. The van der Waals surface area contributed by atoms with E-state index < -0.39 is 28.5 Å². The smallest absolute Gasteiger partial charge is 0.264 e. The number of likely N-dealkylation sites (N-methyl/N-ethyl adjacent to an activating group) is 1. The van der Waals surface area contributed by atoms with E-state index in [-0.39, 0.29) is 23.8 Å². The number of hydrogen-bond acceptors (Lipinski definition) is 4. The zero-order valence-corrected chi connectivity index (χ0v) is 26.2. The third-order valence-electron chi connectivity index (χ3n) is 7.46. The molecule has 0 saturated carbocycles. The Kier molecular flexibility index (Phi) is 10.0. The summed E-state index contributed by atoms with van der Waals surface area (Å²) in [6.07, 6.45) is 0.270. The summed E-state index contributed by atoms with van der Waals surface area (Å²) in [5, 5.41) is 2.71. The zero-order chi connectivity index (χ0) is 31.1. The quantitative estimate of drug-likeness (QED) is 0.247. The highest BCUT2D eigenvalue weighted by Crippen LogP contribution is 2.29. The molecule has 0 fully saturated rings. The number of aryl methyl sites for hydroxylation is 4. The lowest BCUT2D eigenvalue weighted by Gasteiger charge is -2.34. The normalized spacial score (nSPS) is 11.9. The standard InChI is InChI=1S/C35H39N3O4S/c1-25-14-17-31(18-15-25)43(41,42)38(32-19-16-27(3)20-28(32)4)24-34(39)37(23-30-13-9-10-26(2)21-30)33(35(40)36-5)22-29-11-7-6-8-12-29/h6-21,33H,22-24H2,1-5H3,(H,36,40). The molecule has 0 spiro atoms. The summed E-state index contributed by atoms with van der Waals surface area (Å²) in [5.41, 5.74) is 5.78. The first-order chi connectivity index (χ1) is 20.5. The lowest BCUT2D eigenvalue weighted by atomic mass is 10.0. The van der Waals surface area contributed by atoms with Crippen molar-refractivity contribution in [1.82, 2.24) is 10.2 Å². The molecule has 0 aliphatic carbocycles. The van der Waals surface area contributed by atoms with Gasteiger partial charge in [0.15, 0.2) is 0 Å². The van der Waals surface area contributed by atoms with E-state index in [0.717, 1.165) is 33.4 Å². The van der Waals surface area contributed by atoms with E-state index in [1.54, 1.807) is 37.4 Å². The van der Waals surface area contributed by atoms with Crippen LogP contribution < -0.4 is 9.62 Å². The van der Waals surface area contributed by atoms with E-state index in [1.165, 1.54) is 9.21 Å². The van der Waals surface area contributed by atoms with Crippen LogP contribution in [0.2, 0.25) is 0 Å². The van der Waals surface area contributed by atoms with Gasteiger partial charge in [0.25, 0.3) is 10.0 Å². The van der Waals surface area contributed by atoms with Crippen molar-refractivity contribution in [3.63, 3.8) is 0 Å². The number of nitrogens with zero attached hydrogens (tertiary/aromatic N) is 2. The van der Waals surface area contributed by atoms with Crippen molar-refractivity contribution in [2.45, 2.75) is 51.6 Å². The van der Waals surface area contributed by atoms with E-state index in [4.69, 9.17) is 0 Å². The molecular formula is C35H39N3O4S. The van der Waals surface area contributed by atoms with Crippen LogP contribution >= 0.6 is 0 Å². The molecule has 4 rings (SSSR count). The number of hydrogen-bond donors (Lipinski definition) is 1. The monoisotopic (exact) mass is 597 g/mol. The van der Waals surface area contributed by atoms with Crippen LogP contribution in [0.4, 0.5) is 5.69 Å². The number of benzene rings is 4. The molecule has 0 saturated heterocycles. The lowest BCUT2D eigenvalue weighted by Crippen LogP contribution is -2.53. The summed E-state index contributed by atoms with van der Waals surface area (Å²) in [7, 11) is -2.60. The van der Waals surface area contributed by atoms with E-state index in [2.05, 4.69) is 5.32 Å². The van der Waals surface area contributed by atoms with Crippen LogP contribution in [0.15, 0.2) is 102 Å². The van der Waals surface area contributed by atoms with Gasteiger partial charge in [0.05, 0.1) is 10.6 Å². The Morgan fingerprint density at radius 2 is 1.37 bits per heavy atom. The number of amides is 2.